The Labute approximate surface area is 124 Å². The number of carbonyl (C=O) groups is 1. The monoisotopic (exact) mass is 309 g/mol. The molecule has 0 aliphatic carbocycles. The summed E-state index contributed by atoms with van der Waals surface area (Å²) in [7, 11) is 0. The number of aromatic nitrogens is 4. The van der Waals surface area contributed by atoms with Crippen LogP contribution in [0.25, 0.3) is 11.2 Å². The molecule has 10 nitrogen and oxygen atoms in total. The van der Waals surface area contributed by atoms with Crippen LogP contribution in [0.15, 0.2) is 6.33 Å². The largest absolute Gasteiger partial charge is 0.394 e. The maximum Gasteiger partial charge on any atom is 0.195 e. The number of ketones is 1. The second-order valence-electron chi connectivity index (χ2n) is 5.02. The molecule has 5 N–H and O–H groups in total. The van der Waals surface area contributed by atoms with E-state index >= 15 is 0 Å². The molecule has 118 valence electrons. The van der Waals surface area contributed by atoms with Crippen molar-refractivity contribution in [1.29, 1.82) is 0 Å². The van der Waals surface area contributed by atoms with Crippen molar-refractivity contribution in [2.45, 2.75) is 31.5 Å². The van der Waals surface area contributed by atoms with Crippen molar-refractivity contribution in [2.24, 2.45) is 0 Å². The zero-order valence-electron chi connectivity index (χ0n) is 11.6. The molecule has 0 aromatic carbocycles. The second kappa shape index (κ2) is 5.25. The smallest absolute Gasteiger partial charge is 0.195 e. The molecule has 10 heteroatoms. The zero-order valence-corrected chi connectivity index (χ0v) is 11.6. The number of Topliss-reactive ketones (excluding diaryl/α,β-unsaturated/α-hetero) is 1. The van der Waals surface area contributed by atoms with Gasteiger partial charge in [0.2, 0.25) is 0 Å². The fourth-order valence-electron chi connectivity index (χ4n) is 2.51. The Kier molecular flexibility index (Phi) is 3.53. The number of hydrogen-bond donors (Lipinski definition) is 4. The number of anilines is 1. The van der Waals surface area contributed by atoms with E-state index in [1.165, 1.54) is 17.8 Å². The van der Waals surface area contributed by atoms with Gasteiger partial charge in [0, 0.05) is 6.92 Å². The highest BCUT2D eigenvalue weighted by Crippen LogP contribution is 2.33. The van der Waals surface area contributed by atoms with Crippen LogP contribution >= 0.6 is 0 Å². The van der Waals surface area contributed by atoms with Crippen molar-refractivity contribution in [3.8, 4) is 0 Å². The van der Waals surface area contributed by atoms with Gasteiger partial charge in [-0.1, -0.05) is 0 Å². The summed E-state index contributed by atoms with van der Waals surface area (Å²) in [4.78, 5) is 23.7. The summed E-state index contributed by atoms with van der Waals surface area (Å²) >= 11 is 0. The van der Waals surface area contributed by atoms with Crippen molar-refractivity contribution < 1.29 is 24.9 Å². The Hall–Kier alpha value is -2.14. The molecular formula is C12H15N5O5. The molecule has 4 atom stereocenters. The summed E-state index contributed by atoms with van der Waals surface area (Å²) in [6.45, 7) is 0.816. The number of aliphatic hydroxyl groups is 3. The van der Waals surface area contributed by atoms with E-state index in [0.29, 0.717) is 0 Å². The lowest BCUT2D eigenvalue weighted by atomic mass is 10.1. The molecule has 1 aliphatic rings. The van der Waals surface area contributed by atoms with Gasteiger partial charge in [0.1, 0.15) is 24.6 Å². The van der Waals surface area contributed by atoms with Crippen molar-refractivity contribution in [3.63, 3.8) is 0 Å². The van der Waals surface area contributed by atoms with Crippen LogP contribution in [-0.2, 0) is 4.74 Å². The van der Waals surface area contributed by atoms with Crippen molar-refractivity contribution in [1.82, 2.24) is 19.5 Å². The fraction of sp³-hybridized carbons (Fsp3) is 0.500. The third-order valence-electron chi connectivity index (χ3n) is 3.59. The van der Waals surface area contributed by atoms with Crippen LogP contribution in [0.4, 0.5) is 5.82 Å². The molecule has 0 unspecified atom stereocenters. The quantitative estimate of drug-likeness (QED) is 0.481. The summed E-state index contributed by atoms with van der Waals surface area (Å²) in [5, 5.41) is 29.2. The molecule has 22 heavy (non-hydrogen) atoms. The van der Waals surface area contributed by atoms with Gasteiger partial charge in [-0.2, -0.15) is 0 Å². The van der Waals surface area contributed by atoms with E-state index in [4.69, 9.17) is 10.5 Å². The van der Waals surface area contributed by atoms with Gasteiger partial charge in [0.05, 0.1) is 6.61 Å². The number of aliphatic hydroxyl groups excluding tert-OH is 3. The first-order chi connectivity index (χ1) is 10.5. The third-order valence-corrected chi connectivity index (χ3v) is 3.59. The molecule has 3 rings (SSSR count). The number of hydrogen-bond acceptors (Lipinski definition) is 9. The molecule has 1 saturated heterocycles. The van der Waals surface area contributed by atoms with Crippen LogP contribution < -0.4 is 5.73 Å². The molecule has 0 saturated carbocycles. The van der Waals surface area contributed by atoms with Gasteiger partial charge in [-0.15, -0.1) is 0 Å². The molecular weight excluding hydrogens is 294 g/mol. The number of fused-ring (bicyclic) bond motifs is 1. The van der Waals surface area contributed by atoms with Gasteiger partial charge in [-0.3, -0.25) is 9.36 Å². The lowest BCUT2D eigenvalue weighted by Gasteiger charge is -2.18. The van der Waals surface area contributed by atoms with E-state index < -0.39 is 36.9 Å². The Balaban J connectivity index is 2.19. The van der Waals surface area contributed by atoms with Crippen LogP contribution in [0.2, 0.25) is 0 Å². The molecule has 0 amide bonds. The summed E-state index contributed by atoms with van der Waals surface area (Å²) in [6.07, 6.45) is -3.56. The number of carbonyl (C=O) groups excluding carboxylic acids is 1. The number of ether oxygens (including phenoxy) is 1. The highest BCUT2D eigenvalue weighted by atomic mass is 16.6. The molecule has 1 aliphatic heterocycles. The van der Waals surface area contributed by atoms with E-state index in [1.807, 2.05) is 0 Å². The Morgan fingerprint density at radius 3 is 2.73 bits per heavy atom. The van der Waals surface area contributed by atoms with Gasteiger partial charge in [0.25, 0.3) is 0 Å². The first-order valence-corrected chi connectivity index (χ1v) is 6.57. The van der Waals surface area contributed by atoms with Gasteiger partial charge in [-0.05, 0) is 0 Å². The minimum Gasteiger partial charge on any atom is -0.394 e. The molecule has 2 aromatic rings. The number of imidazole rings is 1. The number of nitrogens with zero attached hydrogens (tertiary/aromatic N) is 4. The van der Waals surface area contributed by atoms with Crippen LogP contribution in [0.3, 0.4) is 0 Å². The predicted molar refractivity (Wildman–Crippen MR) is 72.7 cm³/mol. The number of nitrogen functional groups attached to an aromatic ring is 1. The van der Waals surface area contributed by atoms with Gasteiger partial charge >= 0.3 is 0 Å². The highest BCUT2D eigenvalue weighted by Gasteiger charge is 2.45. The average Bonchev–Trinajstić information content (AvgIpc) is 3.00. The lowest BCUT2D eigenvalue weighted by Crippen LogP contribution is -2.33. The van der Waals surface area contributed by atoms with Crippen molar-refractivity contribution >= 4 is 22.8 Å². The zero-order chi connectivity index (χ0) is 16.0. The summed E-state index contributed by atoms with van der Waals surface area (Å²) in [5.41, 5.74) is 6.12. The van der Waals surface area contributed by atoms with Crippen LogP contribution in [0.5, 0.6) is 0 Å². The Morgan fingerprint density at radius 1 is 1.41 bits per heavy atom. The summed E-state index contributed by atoms with van der Waals surface area (Å²) < 4.78 is 6.70. The van der Waals surface area contributed by atoms with Gasteiger partial charge in [-0.25, -0.2) is 15.0 Å². The van der Waals surface area contributed by atoms with E-state index in [0.717, 1.165) is 0 Å². The van der Waals surface area contributed by atoms with Crippen LogP contribution in [0, 0.1) is 0 Å². The average molecular weight is 309 g/mol. The maximum atomic E-state index is 11.8. The molecule has 1 fully saturated rings. The summed E-state index contributed by atoms with van der Waals surface area (Å²) in [6, 6.07) is 0. The van der Waals surface area contributed by atoms with E-state index in [-0.39, 0.29) is 22.8 Å². The number of nitrogens with two attached hydrogens (primary N) is 1. The topological polar surface area (TPSA) is 157 Å². The first-order valence-electron chi connectivity index (χ1n) is 6.57. The van der Waals surface area contributed by atoms with E-state index in [9.17, 15) is 20.1 Å². The molecule has 0 spiro atoms. The first kappa shape index (κ1) is 14.8. The molecule has 2 aromatic heterocycles. The Bertz CT molecular complexity index is 732. The molecule has 0 radical (unpaired) electrons. The standard InChI is InChI=1S/C12H15N5O5/c1-4(19)10-16-6-9(13)14-3-15-11(6)17(10)12-8(21)7(20)5(2-18)22-12/h3,5,7-8,12,18,20-21H,2H2,1H3,(H2,13,14,15)/t5-,7-,8-,12-/m1/s1. The molecule has 3 heterocycles. The summed E-state index contributed by atoms with van der Waals surface area (Å²) in [5.74, 6) is -0.342. The third kappa shape index (κ3) is 2.04. The predicted octanol–water partition coefficient (Wildman–Crippen LogP) is -1.78. The SMILES string of the molecule is CC(=O)c1nc2c(N)ncnc2n1[C@@H]1O[C@H](CO)[C@@H](O)[C@H]1O. The lowest BCUT2D eigenvalue weighted by molar-refractivity contribution is -0.0517. The fourth-order valence-corrected chi connectivity index (χ4v) is 2.51. The second-order valence-corrected chi connectivity index (χ2v) is 5.02. The highest BCUT2D eigenvalue weighted by molar-refractivity contribution is 5.95. The van der Waals surface area contributed by atoms with Crippen molar-refractivity contribution in [3.05, 3.63) is 12.2 Å². The van der Waals surface area contributed by atoms with E-state index in [2.05, 4.69) is 15.0 Å². The Morgan fingerprint density at radius 2 is 2.14 bits per heavy atom. The number of rotatable bonds is 3. The minimum absolute atomic E-state index is 0.0305. The van der Waals surface area contributed by atoms with Crippen LogP contribution in [0.1, 0.15) is 23.8 Å². The minimum atomic E-state index is -1.36. The van der Waals surface area contributed by atoms with Gasteiger partial charge < -0.3 is 25.8 Å². The van der Waals surface area contributed by atoms with Crippen molar-refractivity contribution in [2.75, 3.05) is 12.3 Å². The van der Waals surface area contributed by atoms with Gasteiger partial charge in [0.15, 0.2) is 34.8 Å². The van der Waals surface area contributed by atoms with E-state index in [1.54, 1.807) is 0 Å². The molecule has 0 bridgehead atoms. The maximum absolute atomic E-state index is 11.8. The van der Waals surface area contributed by atoms with Crippen LogP contribution in [-0.4, -0.2) is 65.5 Å². The normalized spacial score (nSPS) is 28.4.